The molecule has 0 radical (unpaired) electrons. The minimum atomic E-state index is -0.515. The van der Waals surface area contributed by atoms with E-state index >= 15 is 8.78 Å². The molecule has 5 unspecified atom stereocenters. The lowest BCUT2D eigenvalue weighted by atomic mass is 9.63. The Morgan fingerprint density at radius 3 is 2.32 bits per heavy atom. The van der Waals surface area contributed by atoms with Gasteiger partial charge in [0.25, 0.3) is 0 Å². The van der Waals surface area contributed by atoms with E-state index in [9.17, 15) is 0 Å². The van der Waals surface area contributed by atoms with E-state index in [1.54, 1.807) is 0 Å². The summed E-state index contributed by atoms with van der Waals surface area (Å²) in [5.41, 5.74) is 2.51. The predicted octanol–water partition coefficient (Wildman–Crippen LogP) is 7.97. The molecule has 0 heterocycles. The normalized spacial score (nSPS) is 32.6. The monoisotopic (exact) mass is 388 g/mol. The Kier molecular flexibility index (Phi) is 6.43. The maximum Gasteiger partial charge on any atom is 0.162 e. The van der Waals surface area contributed by atoms with Gasteiger partial charge in [-0.1, -0.05) is 52.0 Å². The topological polar surface area (TPSA) is 0 Å². The number of fused-ring (bicyclic) bond motifs is 2. The maximum atomic E-state index is 15.1. The van der Waals surface area contributed by atoms with E-state index in [-0.39, 0.29) is 5.92 Å². The fourth-order valence-electron chi connectivity index (χ4n) is 6.82. The molecule has 0 aliphatic heterocycles. The highest BCUT2D eigenvalue weighted by Gasteiger charge is 2.37. The van der Waals surface area contributed by atoms with Crippen molar-refractivity contribution in [2.45, 2.75) is 103 Å². The highest BCUT2D eigenvalue weighted by atomic mass is 19.2. The van der Waals surface area contributed by atoms with Crippen LogP contribution in [0.15, 0.2) is 6.07 Å². The van der Waals surface area contributed by atoms with Gasteiger partial charge in [-0.2, -0.15) is 0 Å². The molecule has 0 saturated heterocycles. The summed E-state index contributed by atoms with van der Waals surface area (Å²) in [4.78, 5) is 0. The van der Waals surface area contributed by atoms with Crippen molar-refractivity contribution in [2.24, 2.45) is 23.7 Å². The highest BCUT2D eigenvalue weighted by Crippen LogP contribution is 2.49. The third-order valence-electron chi connectivity index (χ3n) is 8.30. The molecule has 0 bridgehead atoms. The standard InChI is InChI=1S/C26H38F2/c1-3-5-17-7-9-20-15-21(12-11-19(20)13-17)24-16-22-10-8-18(6-4-2)14-23(22)25(27)26(24)28/h16-21H,3-15H2,1-2H3. The zero-order valence-electron chi connectivity index (χ0n) is 17.9. The van der Waals surface area contributed by atoms with Gasteiger partial charge in [-0.05, 0) is 97.6 Å². The van der Waals surface area contributed by atoms with E-state index in [4.69, 9.17) is 0 Å². The smallest absolute Gasteiger partial charge is 0.162 e. The molecule has 0 nitrogen and oxygen atoms in total. The van der Waals surface area contributed by atoms with Gasteiger partial charge in [0, 0.05) is 0 Å². The van der Waals surface area contributed by atoms with Gasteiger partial charge < -0.3 is 0 Å². The van der Waals surface area contributed by atoms with E-state index in [2.05, 4.69) is 19.9 Å². The first-order valence-corrected chi connectivity index (χ1v) is 12.1. The van der Waals surface area contributed by atoms with Crippen molar-refractivity contribution in [3.05, 3.63) is 34.4 Å². The largest absolute Gasteiger partial charge is 0.203 e. The molecule has 0 aromatic heterocycles. The lowest BCUT2D eigenvalue weighted by Crippen LogP contribution is -2.31. The molecule has 3 aliphatic rings. The first-order valence-electron chi connectivity index (χ1n) is 12.1. The van der Waals surface area contributed by atoms with Gasteiger partial charge >= 0.3 is 0 Å². The summed E-state index contributed by atoms with van der Waals surface area (Å²) in [5, 5.41) is 0. The highest BCUT2D eigenvalue weighted by molar-refractivity contribution is 5.38. The Morgan fingerprint density at radius 1 is 0.821 bits per heavy atom. The van der Waals surface area contributed by atoms with E-state index in [1.807, 2.05) is 0 Å². The summed E-state index contributed by atoms with van der Waals surface area (Å²) in [5.74, 6) is 2.22. The number of benzene rings is 1. The third-order valence-corrected chi connectivity index (χ3v) is 8.30. The molecule has 2 saturated carbocycles. The quantitative estimate of drug-likeness (QED) is 0.480. The van der Waals surface area contributed by atoms with Crippen LogP contribution in [0.25, 0.3) is 0 Å². The Morgan fingerprint density at radius 2 is 1.54 bits per heavy atom. The van der Waals surface area contributed by atoms with Crippen LogP contribution in [-0.2, 0) is 12.8 Å². The van der Waals surface area contributed by atoms with Crippen LogP contribution in [0.3, 0.4) is 0 Å². The lowest BCUT2D eigenvalue weighted by molar-refractivity contribution is 0.113. The predicted molar refractivity (Wildman–Crippen MR) is 113 cm³/mol. The van der Waals surface area contributed by atoms with Crippen molar-refractivity contribution in [3.8, 4) is 0 Å². The number of hydrogen-bond acceptors (Lipinski definition) is 0. The van der Waals surface area contributed by atoms with Gasteiger partial charge in [0.05, 0.1) is 0 Å². The third kappa shape index (κ3) is 4.03. The fourth-order valence-corrected chi connectivity index (χ4v) is 6.82. The van der Waals surface area contributed by atoms with Crippen LogP contribution in [0, 0.1) is 35.3 Å². The van der Waals surface area contributed by atoms with E-state index in [0.717, 1.165) is 68.3 Å². The van der Waals surface area contributed by atoms with Gasteiger partial charge in [-0.25, -0.2) is 8.78 Å². The summed E-state index contributed by atoms with van der Waals surface area (Å²) in [7, 11) is 0. The minimum absolute atomic E-state index is 0.233. The van der Waals surface area contributed by atoms with Gasteiger partial charge in [0.15, 0.2) is 11.6 Å². The summed E-state index contributed by atoms with van der Waals surface area (Å²) >= 11 is 0. The molecular formula is C26H38F2. The van der Waals surface area contributed by atoms with Crippen LogP contribution in [-0.4, -0.2) is 0 Å². The van der Waals surface area contributed by atoms with Crippen LogP contribution in [0.2, 0.25) is 0 Å². The molecule has 28 heavy (non-hydrogen) atoms. The summed E-state index contributed by atoms with van der Waals surface area (Å²) < 4.78 is 30.1. The van der Waals surface area contributed by atoms with E-state index in [0.29, 0.717) is 17.0 Å². The zero-order valence-corrected chi connectivity index (χ0v) is 17.9. The van der Waals surface area contributed by atoms with Crippen molar-refractivity contribution in [3.63, 3.8) is 0 Å². The van der Waals surface area contributed by atoms with Crippen molar-refractivity contribution in [1.29, 1.82) is 0 Å². The second-order valence-corrected chi connectivity index (χ2v) is 10.1. The first kappa shape index (κ1) is 20.4. The summed E-state index contributed by atoms with van der Waals surface area (Å²) in [6.45, 7) is 4.47. The van der Waals surface area contributed by atoms with Gasteiger partial charge in [-0.3, -0.25) is 0 Å². The lowest BCUT2D eigenvalue weighted by Gasteiger charge is -2.42. The van der Waals surface area contributed by atoms with Crippen LogP contribution >= 0.6 is 0 Å². The molecule has 5 atom stereocenters. The molecular weight excluding hydrogens is 350 g/mol. The average Bonchev–Trinajstić information content (AvgIpc) is 2.71. The maximum absolute atomic E-state index is 15.1. The van der Waals surface area contributed by atoms with Crippen molar-refractivity contribution in [2.75, 3.05) is 0 Å². The van der Waals surface area contributed by atoms with Crippen LogP contribution in [0.4, 0.5) is 8.78 Å². The van der Waals surface area contributed by atoms with Crippen LogP contribution in [0.5, 0.6) is 0 Å². The molecule has 1 aromatic rings. The van der Waals surface area contributed by atoms with Crippen molar-refractivity contribution < 1.29 is 8.78 Å². The Balaban J connectivity index is 1.49. The van der Waals surface area contributed by atoms with E-state index in [1.165, 1.54) is 38.5 Å². The van der Waals surface area contributed by atoms with Crippen LogP contribution < -0.4 is 0 Å². The summed E-state index contributed by atoms with van der Waals surface area (Å²) in [6.07, 6.45) is 15.1. The fraction of sp³-hybridized carbons (Fsp3) is 0.769. The first-order chi connectivity index (χ1) is 13.6. The molecule has 1 aromatic carbocycles. The van der Waals surface area contributed by atoms with Crippen molar-refractivity contribution >= 4 is 0 Å². The molecule has 0 spiro atoms. The average molecular weight is 389 g/mol. The molecule has 2 heteroatoms. The Bertz CT molecular complexity index is 680. The zero-order chi connectivity index (χ0) is 19.7. The number of rotatable bonds is 5. The molecule has 3 aliphatic carbocycles. The van der Waals surface area contributed by atoms with Gasteiger partial charge in [-0.15, -0.1) is 0 Å². The number of halogens is 2. The molecule has 0 N–H and O–H groups in total. The Hall–Kier alpha value is -0.920. The van der Waals surface area contributed by atoms with Crippen LogP contribution in [0.1, 0.15) is 107 Å². The minimum Gasteiger partial charge on any atom is -0.203 e. The SMILES string of the molecule is CCCC1CCc2cc(C3CCC4CC(CCC)CCC4C3)c(F)c(F)c2C1. The molecule has 0 amide bonds. The summed E-state index contributed by atoms with van der Waals surface area (Å²) in [6, 6.07) is 2.07. The Labute approximate surface area is 170 Å². The van der Waals surface area contributed by atoms with Gasteiger partial charge in [0.2, 0.25) is 0 Å². The second kappa shape index (κ2) is 8.84. The van der Waals surface area contributed by atoms with E-state index < -0.39 is 11.6 Å². The second-order valence-electron chi connectivity index (χ2n) is 10.1. The molecule has 2 fully saturated rings. The number of hydrogen-bond donors (Lipinski definition) is 0. The van der Waals surface area contributed by atoms with Gasteiger partial charge in [0.1, 0.15) is 0 Å². The number of aryl methyl sites for hydroxylation is 1. The molecule has 4 rings (SSSR count). The van der Waals surface area contributed by atoms with Crippen molar-refractivity contribution in [1.82, 2.24) is 0 Å². The molecule has 156 valence electrons.